The molecule has 0 unspecified atom stereocenters. The number of methoxy groups -OCH3 is 1. The number of rotatable bonds is 7. The highest BCUT2D eigenvalue weighted by molar-refractivity contribution is 6.31. The van der Waals surface area contributed by atoms with Gasteiger partial charge < -0.3 is 14.3 Å². The SMILES string of the molecule is COc1ccc(/C=N\OCC(=O)OCc2c(F)cccc2Cl)cc1. The summed E-state index contributed by atoms with van der Waals surface area (Å²) < 4.78 is 23.4. The number of benzene rings is 2. The smallest absolute Gasteiger partial charge is 0.347 e. The lowest BCUT2D eigenvalue weighted by Crippen LogP contribution is -2.11. The minimum atomic E-state index is -0.679. The molecule has 0 bridgehead atoms. The van der Waals surface area contributed by atoms with Crippen LogP contribution in [0.4, 0.5) is 4.39 Å². The Morgan fingerprint density at radius 1 is 1.25 bits per heavy atom. The molecule has 0 aliphatic heterocycles. The van der Waals surface area contributed by atoms with Gasteiger partial charge in [0.1, 0.15) is 18.2 Å². The van der Waals surface area contributed by atoms with Crippen molar-refractivity contribution in [1.29, 1.82) is 0 Å². The van der Waals surface area contributed by atoms with E-state index < -0.39 is 18.4 Å². The van der Waals surface area contributed by atoms with Crippen molar-refractivity contribution in [3.8, 4) is 5.75 Å². The summed E-state index contributed by atoms with van der Waals surface area (Å²) in [5.41, 5.74) is 0.900. The second-order valence-electron chi connectivity index (χ2n) is 4.64. The number of nitrogens with zero attached hydrogens (tertiary/aromatic N) is 1. The number of ether oxygens (including phenoxy) is 2. The van der Waals surface area contributed by atoms with Gasteiger partial charge in [-0.05, 0) is 42.0 Å². The number of hydrogen-bond acceptors (Lipinski definition) is 5. The highest BCUT2D eigenvalue weighted by Crippen LogP contribution is 2.19. The minimum Gasteiger partial charge on any atom is -0.497 e. The first-order chi connectivity index (χ1) is 11.6. The Morgan fingerprint density at radius 2 is 2.00 bits per heavy atom. The Morgan fingerprint density at radius 3 is 2.67 bits per heavy atom. The number of carbonyl (C=O) groups is 1. The van der Waals surface area contributed by atoms with Crippen LogP contribution in [0.25, 0.3) is 0 Å². The fourth-order valence-electron chi connectivity index (χ4n) is 1.74. The maximum Gasteiger partial charge on any atom is 0.347 e. The van der Waals surface area contributed by atoms with E-state index >= 15 is 0 Å². The molecule has 0 saturated heterocycles. The van der Waals surface area contributed by atoms with Crippen molar-refractivity contribution in [2.24, 2.45) is 5.16 Å². The van der Waals surface area contributed by atoms with Gasteiger partial charge in [0, 0.05) is 5.56 Å². The molecule has 0 amide bonds. The number of carbonyl (C=O) groups excluding carboxylic acids is 1. The van der Waals surface area contributed by atoms with Gasteiger partial charge in [-0.25, -0.2) is 9.18 Å². The summed E-state index contributed by atoms with van der Waals surface area (Å²) in [7, 11) is 1.58. The van der Waals surface area contributed by atoms with Crippen LogP contribution in [0.1, 0.15) is 11.1 Å². The normalized spacial score (nSPS) is 10.6. The first kappa shape index (κ1) is 17.7. The van der Waals surface area contributed by atoms with Crippen LogP contribution in [0, 0.1) is 5.82 Å². The summed E-state index contributed by atoms with van der Waals surface area (Å²) in [6.45, 7) is -0.658. The molecule has 0 fully saturated rings. The second kappa shape index (κ2) is 8.88. The Bertz CT molecular complexity index is 699. The number of oxime groups is 1. The third-order valence-corrected chi connectivity index (χ3v) is 3.37. The monoisotopic (exact) mass is 351 g/mol. The van der Waals surface area contributed by atoms with Gasteiger partial charge in [-0.2, -0.15) is 0 Å². The molecule has 24 heavy (non-hydrogen) atoms. The van der Waals surface area contributed by atoms with Gasteiger partial charge in [0.2, 0.25) is 6.61 Å². The molecular formula is C17H15ClFNO4. The molecule has 0 N–H and O–H groups in total. The van der Waals surface area contributed by atoms with Gasteiger partial charge in [0.15, 0.2) is 0 Å². The summed E-state index contributed by atoms with van der Waals surface area (Å²) in [6.07, 6.45) is 1.44. The molecular weight excluding hydrogens is 337 g/mol. The van der Waals surface area contributed by atoms with Crippen molar-refractivity contribution in [1.82, 2.24) is 0 Å². The van der Waals surface area contributed by atoms with Crippen LogP contribution < -0.4 is 4.74 Å². The van der Waals surface area contributed by atoms with Crippen LogP contribution in [0.5, 0.6) is 5.75 Å². The van der Waals surface area contributed by atoms with Crippen molar-refractivity contribution in [3.05, 3.63) is 64.4 Å². The van der Waals surface area contributed by atoms with Gasteiger partial charge in [0.05, 0.1) is 18.3 Å². The summed E-state index contributed by atoms with van der Waals surface area (Å²) >= 11 is 5.83. The highest BCUT2D eigenvalue weighted by atomic mass is 35.5. The molecule has 5 nitrogen and oxygen atoms in total. The third-order valence-electron chi connectivity index (χ3n) is 3.01. The molecule has 126 valence electrons. The van der Waals surface area contributed by atoms with Gasteiger partial charge in [-0.15, -0.1) is 0 Å². The molecule has 2 aromatic carbocycles. The number of halogens is 2. The summed E-state index contributed by atoms with van der Waals surface area (Å²) in [4.78, 5) is 16.4. The molecule has 7 heteroatoms. The predicted octanol–water partition coefficient (Wildman–Crippen LogP) is 3.58. The van der Waals surface area contributed by atoms with Gasteiger partial charge in [-0.1, -0.05) is 22.8 Å². The first-order valence-corrected chi connectivity index (χ1v) is 7.36. The zero-order chi connectivity index (χ0) is 17.4. The van der Waals surface area contributed by atoms with E-state index in [0.717, 1.165) is 11.3 Å². The third kappa shape index (κ3) is 5.24. The van der Waals surface area contributed by atoms with E-state index in [1.165, 1.54) is 24.4 Å². The average Bonchev–Trinajstić information content (AvgIpc) is 2.59. The molecule has 0 radical (unpaired) electrons. The Kier molecular flexibility index (Phi) is 6.57. The van der Waals surface area contributed by atoms with E-state index in [-0.39, 0.29) is 17.2 Å². The second-order valence-corrected chi connectivity index (χ2v) is 5.05. The van der Waals surface area contributed by atoms with Gasteiger partial charge in [-0.3, -0.25) is 0 Å². The Hall–Kier alpha value is -2.60. The molecule has 2 rings (SSSR count). The molecule has 2 aromatic rings. The Labute approximate surface area is 143 Å². The molecule has 0 aliphatic rings. The van der Waals surface area contributed by atoms with Crippen molar-refractivity contribution >= 4 is 23.8 Å². The molecule has 0 heterocycles. The quantitative estimate of drug-likeness (QED) is 0.434. The van der Waals surface area contributed by atoms with Crippen LogP contribution in [0.3, 0.4) is 0 Å². The zero-order valence-corrected chi connectivity index (χ0v) is 13.6. The van der Waals surface area contributed by atoms with Crippen molar-refractivity contribution in [3.63, 3.8) is 0 Å². The van der Waals surface area contributed by atoms with Gasteiger partial charge in [0.25, 0.3) is 0 Å². The van der Waals surface area contributed by atoms with E-state index in [9.17, 15) is 9.18 Å². The predicted molar refractivity (Wildman–Crippen MR) is 87.7 cm³/mol. The van der Waals surface area contributed by atoms with Crippen molar-refractivity contribution < 1.29 is 23.5 Å². The average molecular weight is 352 g/mol. The summed E-state index contributed by atoms with van der Waals surface area (Å²) in [5, 5.41) is 3.86. The Balaban J connectivity index is 1.75. The molecule has 0 aromatic heterocycles. The van der Waals surface area contributed by atoms with Crippen molar-refractivity contribution in [2.75, 3.05) is 13.7 Å². The molecule has 0 atom stereocenters. The lowest BCUT2D eigenvalue weighted by Gasteiger charge is -2.06. The molecule has 0 aliphatic carbocycles. The maximum absolute atomic E-state index is 13.5. The van der Waals surface area contributed by atoms with E-state index in [1.54, 1.807) is 31.4 Å². The van der Waals surface area contributed by atoms with Crippen LogP contribution in [-0.4, -0.2) is 25.9 Å². The lowest BCUT2D eigenvalue weighted by molar-refractivity contribution is -0.150. The summed E-state index contributed by atoms with van der Waals surface area (Å²) in [5.74, 6) is -0.488. The maximum atomic E-state index is 13.5. The van der Waals surface area contributed by atoms with Crippen molar-refractivity contribution in [2.45, 2.75) is 6.61 Å². The minimum absolute atomic E-state index is 0.120. The van der Waals surface area contributed by atoms with Gasteiger partial charge >= 0.3 is 5.97 Å². The van der Waals surface area contributed by atoms with E-state index in [4.69, 9.17) is 25.9 Å². The van der Waals surface area contributed by atoms with E-state index in [2.05, 4.69) is 5.16 Å². The molecule has 0 saturated carbocycles. The summed E-state index contributed by atoms with van der Waals surface area (Å²) in [6, 6.07) is 11.3. The van der Waals surface area contributed by atoms with E-state index in [1.807, 2.05) is 0 Å². The molecule has 0 spiro atoms. The van der Waals surface area contributed by atoms with Crippen LogP contribution in [0.2, 0.25) is 5.02 Å². The van der Waals surface area contributed by atoms with E-state index in [0.29, 0.717) is 0 Å². The fourth-order valence-corrected chi connectivity index (χ4v) is 1.96. The fraction of sp³-hybridized carbons (Fsp3) is 0.176. The number of hydrogen-bond donors (Lipinski definition) is 0. The standard InChI is InChI=1S/C17H15ClFNO4/c1-22-13-7-5-12(6-8-13)9-20-24-11-17(21)23-10-14-15(18)3-2-4-16(14)19/h2-9H,10-11H2,1H3/b20-9-. The zero-order valence-electron chi connectivity index (χ0n) is 12.9. The first-order valence-electron chi connectivity index (χ1n) is 6.98. The highest BCUT2D eigenvalue weighted by Gasteiger charge is 2.10. The largest absolute Gasteiger partial charge is 0.497 e. The lowest BCUT2D eigenvalue weighted by atomic mass is 10.2. The van der Waals surface area contributed by atoms with Crippen LogP contribution in [-0.2, 0) is 21.0 Å². The topological polar surface area (TPSA) is 57.1 Å². The number of esters is 1. The van der Waals surface area contributed by atoms with Crippen LogP contribution in [0.15, 0.2) is 47.6 Å². The van der Waals surface area contributed by atoms with Crippen LogP contribution >= 0.6 is 11.6 Å².